The minimum absolute atomic E-state index is 0.0659. The van der Waals surface area contributed by atoms with Gasteiger partial charge in [-0.25, -0.2) is 4.79 Å². The van der Waals surface area contributed by atoms with E-state index in [2.05, 4.69) is 20.9 Å². The fourth-order valence-corrected chi connectivity index (χ4v) is 2.81. The van der Waals surface area contributed by atoms with Crippen LogP contribution in [0.25, 0.3) is 0 Å². The highest BCUT2D eigenvalue weighted by Gasteiger charge is 2.33. The molecule has 0 fully saturated rings. The minimum atomic E-state index is -5.17. The third-order valence-electron chi connectivity index (χ3n) is 4.07. The summed E-state index contributed by atoms with van der Waals surface area (Å²) in [5.74, 6) is 0.460. The molecular formula is C21H16ClF3N4O7S-2. The molecule has 3 rings (SSSR count). The number of nitrogens with one attached hydrogen (secondary N) is 3. The minimum Gasteiger partial charge on any atom is -0.759 e. The van der Waals surface area contributed by atoms with Crippen molar-refractivity contribution in [3.05, 3.63) is 77.1 Å². The predicted octanol–water partition coefficient (Wildman–Crippen LogP) is 4.21. The van der Waals surface area contributed by atoms with E-state index in [1.807, 2.05) is 0 Å². The number of ether oxygens (including phenoxy) is 1. The van der Waals surface area contributed by atoms with Gasteiger partial charge in [0, 0.05) is 41.1 Å². The molecule has 3 aromatic rings. The average Bonchev–Trinajstić information content (AvgIpc) is 2.79. The second kappa shape index (κ2) is 12.4. The molecule has 0 aliphatic heterocycles. The number of pyridine rings is 1. The van der Waals surface area contributed by atoms with Crippen molar-refractivity contribution in [2.45, 2.75) is 6.18 Å². The normalized spacial score (nSPS) is 11.0. The highest BCUT2D eigenvalue weighted by molar-refractivity contribution is 7.79. The monoisotopic (exact) mass is 560 g/mol. The van der Waals surface area contributed by atoms with E-state index < -0.39 is 33.2 Å². The Bertz CT molecular complexity index is 1360. The lowest BCUT2D eigenvalue weighted by Crippen LogP contribution is -2.19. The van der Waals surface area contributed by atoms with E-state index in [-0.39, 0.29) is 17.3 Å². The van der Waals surface area contributed by atoms with Gasteiger partial charge in [-0.05, 0) is 48.5 Å². The molecule has 11 nitrogen and oxygen atoms in total. The number of hydrogen-bond donors (Lipinski definition) is 3. The maximum atomic E-state index is 12.9. The number of anilines is 2. The molecule has 1 heterocycles. The average molecular weight is 561 g/mol. The zero-order valence-electron chi connectivity index (χ0n) is 18.5. The maximum absolute atomic E-state index is 12.9. The SMILES string of the molecule is CNC(=O)c1cc(Oc2ccc(NC(=O)Nc3ccc(Cl)c(C(F)(F)F)c3)cc2)ccn1.O=S(=O)([O-])[O-]. The summed E-state index contributed by atoms with van der Waals surface area (Å²) in [6, 6.07) is 11.6. The van der Waals surface area contributed by atoms with Gasteiger partial charge in [0.25, 0.3) is 5.91 Å². The lowest BCUT2D eigenvalue weighted by molar-refractivity contribution is -0.137. The van der Waals surface area contributed by atoms with Crippen LogP contribution in [0.2, 0.25) is 5.02 Å². The topological polar surface area (TPSA) is 173 Å². The van der Waals surface area contributed by atoms with Gasteiger partial charge in [-0.1, -0.05) is 11.6 Å². The Morgan fingerprint density at radius 3 is 2.08 bits per heavy atom. The lowest BCUT2D eigenvalue weighted by Gasteiger charge is -2.12. The van der Waals surface area contributed by atoms with Crippen molar-refractivity contribution < 1.29 is 45.0 Å². The fraction of sp³-hybridized carbons (Fsp3) is 0.0952. The lowest BCUT2D eigenvalue weighted by atomic mass is 10.2. The molecule has 16 heteroatoms. The van der Waals surface area contributed by atoms with Crippen LogP contribution in [-0.4, -0.2) is 41.5 Å². The van der Waals surface area contributed by atoms with Crippen LogP contribution in [0.5, 0.6) is 11.5 Å². The quantitative estimate of drug-likeness (QED) is 0.307. The van der Waals surface area contributed by atoms with Gasteiger partial charge >= 0.3 is 12.2 Å². The smallest absolute Gasteiger partial charge is 0.417 e. The number of rotatable bonds is 5. The van der Waals surface area contributed by atoms with Gasteiger partial charge in [0.05, 0.1) is 10.6 Å². The zero-order valence-corrected chi connectivity index (χ0v) is 20.1. The van der Waals surface area contributed by atoms with E-state index in [1.54, 1.807) is 30.3 Å². The molecular weight excluding hydrogens is 545 g/mol. The summed E-state index contributed by atoms with van der Waals surface area (Å²) in [6.45, 7) is 0. The number of carbonyl (C=O) groups excluding carboxylic acids is 2. The van der Waals surface area contributed by atoms with Crippen molar-refractivity contribution in [3.8, 4) is 11.5 Å². The van der Waals surface area contributed by atoms with Crippen molar-refractivity contribution >= 4 is 45.3 Å². The number of aromatic nitrogens is 1. The summed E-state index contributed by atoms with van der Waals surface area (Å²) in [7, 11) is -3.68. The molecule has 0 radical (unpaired) electrons. The van der Waals surface area contributed by atoms with Crippen LogP contribution in [0.3, 0.4) is 0 Å². The first-order chi connectivity index (χ1) is 17.2. The van der Waals surface area contributed by atoms with E-state index in [0.29, 0.717) is 17.2 Å². The predicted molar refractivity (Wildman–Crippen MR) is 124 cm³/mol. The Hall–Kier alpha value is -3.92. The molecule has 0 saturated heterocycles. The molecule has 0 bridgehead atoms. The molecule has 0 aliphatic rings. The first-order valence-electron chi connectivity index (χ1n) is 9.73. The molecule has 0 spiro atoms. The molecule has 0 atom stereocenters. The van der Waals surface area contributed by atoms with Crippen molar-refractivity contribution in [3.63, 3.8) is 0 Å². The van der Waals surface area contributed by atoms with Crippen molar-refractivity contribution in [2.24, 2.45) is 0 Å². The Morgan fingerprint density at radius 2 is 1.51 bits per heavy atom. The number of alkyl halides is 3. The third-order valence-corrected chi connectivity index (χ3v) is 4.40. The standard InChI is InChI=1S/C21H16ClF3N4O3.H2O4S/c1-26-19(30)18-11-15(8-9-27-18)32-14-5-2-12(3-6-14)28-20(31)29-13-4-7-17(22)16(10-13)21(23,24)25;1-5(2,3)4/h2-11H,1H3,(H,26,30)(H2,28,29,31);(H2,1,2,3,4)/p-2. The van der Waals surface area contributed by atoms with Gasteiger partial charge in [0.15, 0.2) is 0 Å². The Kier molecular flexibility index (Phi) is 9.79. The first kappa shape index (κ1) is 29.3. The van der Waals surface area contributed by atoms with E-state index in [4.69, 9.17) is 33.9 Å². The van der Waals surface area contributed by atoms with Crippen molar-refractivity contribution in [1.29, 1.82) is 0 Å². The molecule has 2 aromatic carbocycles. The van der Waals surface area contributed by atoms with Gasteiger partial charge in [-0.2, -0.15) is 13.2 Å². The van der Waals surface area contributed by atoms with Gasteiger partial charge in [-0.3, -0.25) is 18.2 Å². The summed E-state index contributed by atoms with van der Waals surface area (Å²) in [5, 5.41) is 6.83. The number of carbonyl (C=O) groups is 2. The van der Waals surface area contributed by atoms with E-state index in [1.165, 1.54) is 25.4 Å². The van der Waals surface area contributed by atoms with Gasteiger partial charge < -0.3 is 29.8 Å². The number of hydrogen-bond acceptors (Lipinski definition) is 8. The third kappa shape index (κ3) is 10.3. The van der Waals surface area contributed by atoms with Gasteiger partial charge in [-0.15, -0.1) is 0 Å². The molecule has 0 aliphatic carbocycles. The summed E-state index contributed by atoms with van der Waals surface area (Å²) < 4.78 is 78.6. The first-order valence-corrected chi connectivity index (χ1v) is 11.4. The van der Waals surface area contributed by atoms with Crippen molar-refractivity contribution in [2.75, 3.05) is 17.7 Å². The van der Waals surface area contributed by atoms with E-state index >= 15 is 0 Å². The molecule has 198 valence electrons. The van der Waals surface area contributed by atoms with E-state index in [0.717, 1.165) is 12.1 Å². The highest BCUT2D eigenvalue weighted by Crippen LogP contribution is 2.36. The number of benzene rings is 2. The molecule has 3 N–H and O–H groups in total. The Balaban J connectivity index is 0.000000877. The summed E-state index contributed by atoms with van der Waals surface area (Å²) in [6.07, 6.45) is -3.21. The van der Waals surface area contributed by atoms with Crippen LogP contribution < -0.4 is 20.7 Å². The zero-order chi connectivity index (χ0) is 27.8. The molecule has 0 unspecified atom stereocenters. The van der Waals surface area contributed by atoms with Gasteiger partial charge in [0.1, 0.15) is 17.2 Å². The molecule has 37 heavy (non-hydrogen) atoms. The number of halogens is 4. The Morgan fingerprint density at radius 1 is 0.946 bits per heavy atom. The van der Waals surface area contributed by atoms with Crippen LogP contribution in [0, 0.1) is 0 Å². The number of urea groups is 1. The number of amides is 3. The maximum Gasteiger partial charge on any atom is 0.417 e. The highest BCUT2D eigenvalue weighted by atomic mass is 35.5. The summed E-state index contributed by atoms with van der Waals surface area (Å²) >= 11 is 5.57. The second-order valence-electron chi connectivity index (χ2n) is 6.76. The van der Waals surface area contributed by atoms with Crippen LogP contribution >= 0.6 is 11.6 Å². The van der Waals surface area contributed by atoms with Crippen LogP contribution in [0.15, 0.2) is 60.8 Å². The molecule has 1 aromatic heterocycles. The van der Waals surface area contributed by atoms with E-state index in [9.17, 15) is 22.8 Å². The van der Waals surface area contributed by atoms with Gasteiger partial charge in [0.2, 0.25) is 0 Å². The fourth-order valence-electron chi connectivity index (χ4n) is 2.58. The summed E-state index contributed by atoms with van der Waals surface area (Å²) in [5.41, 5.74) is -0.547. The molecule has 0 saturated carbocycles. The van der Waals surface area contributed by atoms with Crippen LogP contribution in [0.1, 0.15) is 16.1 Å². The van der Waals surface area contributed by atoms with Crippen LogP contribution in [0.4, 0.5) is 29.3 Å². The number of nitrogens with zero attached hydrogens (tertiary/aromatic N) is 1. The second-order valence-corrected chi connectivity index (χ2v) is 7.99. The van der Waals surface area contributed by atoms with Crippen LogP contribution in [-0.2, 0) is 16.6 Å². The Labute approximate surface area is 213 Å². The summed E-state index contributed by atoms with van der Waals surface area (Å²) in [4.78, 5) is 27.7. The van der Waals surface area contributed by atoms with Crippen molar-refractivity contribution in [1.82, 2.24) is 10.3 Å². The molecule has 3 amide bonds. The largest absolute Gasteiger partial charge is 0.759 e.